The first-order valence-electron chi connectivity index (χ1n) is 5.55. The molecule has 1 N–H and O–H groups in total. The summed E-state index contributed by atoms with van der Waals surface area (Å²) in [5.74, 6) is 0.750. The Morgan fingerprint density at radius 1 is 1.56 bits per heavy atom. The molecule has 2 rings (SSSR count). The molecule has 0 heterocycles. The molecule has 4 nitrogen and oxygen atoms in total. The molecule has 4 heteroatoms. The van der Waals surface area contributed by atoms with Crippen LogP contribution in [0.5, 0.6) is 0 Å². The van der Waals surface area contributed by atoms with Gasteiger partial charge in [0.15, 0.2) is 0 Å². The predicted octanol–water partition coefficient (Wildman–Crippen LogP) is 2.40. The average molecular weight is 220 g/mol. The molecule has 16 heavy (non-hydrogen) atoms. The van der Waals surface area contributed by atoms with Gasteiger partial charge >= 0.3 is 0 Å². The molecule has 2 atom stereocenters. The largest absolute Gasteiger partial charge is 0.310 e. The van der Waals surface area contributed by atoms with Crippen LogP contribution in [-0.2, 0) is 6.54 Å². The maximum Gasteiger partial charge on any atom is 0.272 e. The van der Waals surface area contributed by atoms with E-state index in [-0.39, 0.29) is 10.6 Å². The summed E-state index contributed by atoms with van der Waals surface area (Å²) in [5.41, 5.74) is 1.91. The second-order valence-corrected chi connectivity index (χ2v) is 4.58. The van der Waals surface area contributed by atoms with Gasteiger partial charge in [-0.1, -0.05) is 19.1 Å². The van der Waals surface area contributed by atoms with E-state index in [1.807, 2.05) is 12.1 Å². The Balaban J connectivity index is 2.04. The molecule has 1 aromatic carbocycles. The van der Waals surface area contributed by atoms with Crippen molar-refractivity contribution in [2.45, 2.75) is 32.9 Å². The van der Waals surface area contributed by atoms with Gasteiger partial charge in [0.05, 0.1) is 4.92 Å². The zero-order chi connectivity index (χ0) is 11.7. The summed E-state index contributed by atoms with van der Waals surface area (Å²) >= 11 is 0. The molecular formula is C12H16N2O2. The predicted molar refractivity (Wildman–Crippen MR) is 62.2 cm³/mol. The standard InChI is InChI=1S/C12H16N2O2/c1-8-3-4-10(6-12(8)14(15)16)7-13-11-5-9(11)2/h3-4,6,9,11,13H,5,7H2,1-2H3. The van der Waals surface area contributed by atoms with Crippen molar-refractivity contribution < 1.29 is 4.92 Å². The van der Waals surface area contributed by atoms with E-state index in [0.717, 1.165) is 18.0 Å². The van der Waals surface area contributed by atoms with Crippen LogP contribution in [0, 0.1) is 23.0 Å². The molecule has 86 valence electrons. The van der Waals surface area contributed by atoms with Crippen molar-refractivity contribution in [2.24, 2.45) is 5.92 Å². The van der Waals surface area contributed by atoms with E-state index in [0.29, 0.717) is 11.6 Å². The number of nitro groups is 1. The molecular weight excluding hydrogens is 204 g/mol. The molecule has 0 bridgehead atoms. The van der Waals surface area contributed by atoms with Crippen molar-refractivity contribution in [3.05, 3.63) is 39.4 Å². The molecule has 0 aromatic heterocycles. The third-order valence-electron chi connectivity index (χ3n) is 3.15. The van der Waals surface area contributed by atoms with Crippen LogP contribution in [0.4, 0.5) is 5.69 Å². The van der Waals surface area contributed by atoms with E-state index < -0.39 is 0 Å². The average Bonchev–Trinajstić information content (AvgIpc) is 2.93. The van der Waals surface area contributed by atoms with E-state index in [9.17, 15) is 10.1 Å². The van der Waals surface area contributed by atoms with Gasteiger partial charge in [0.25, 0.3) is 5.69 Å². The molecule has 0 amide bonds. The van der Waals surface area contributed by atoms with E-state index in [1.54, 1.807) is 13.0 Å². The van der Waals surface area contributed by atoms with Crippen LogP contribution in [0.2, 0.25) is 0 Å². The second kappa shape index (κ2) is 4.22. The number of hydrogen-bond donors (Lipinski definition) is 1. The maximum absolute atomic E-state index is 10.8. The van der Waals surface area contributed by atoms with E-state index in [2.05, 4.69) is 12.2 Å². The molecule has 2 unspecified atom stereocenters. The summed E-state index contributed by atoms with van der Waals surface area (Å²) in [4.78, 5) is 10.4. The highest BCUT2D eigenvalue weighted by Crippen LogP contribution is 2.29. The van der Waals surface area contributed by atoms with Gasteiger partial charge in [-0.2, -0.15) is 0 Å². The first-order chi connectivity index (χ1) is 7.58. The van der Waals surface area contributed by atoms with Gasteiger partial charge in [-0.3, -0.25) is 10.1 Å². The van der Waals surface area contributed by atoms with Crippen LogP contribution in [0.15, 0.2) is 18.2 Å². The number of aryl methyl sites for hydroxylation is 1. The Hall–Kier alpha value is -1.42. The molecule has 1 aromatic rings. The topological polar surface area (TPSA) is 55.2 Å². The Labute approximate surface area is 94.8 Å². The fourth-order valence-corrected chi connectivity index (χ4v) is 1.82. The minimum atomic E-state index is -0.321. The monoisotopic (exact) mass is 220 g/mol. The van der Waals surface area contributed by atoms with Crippen molar-refractivity contribution in [2.75, 3.05) is 0 Å². The summed E-state index contributed by atoms with van der Waals surface area (Å²) in [5, 5.41) is 14.1. The Morgan fingerprint density at radius 2 is 2.25 bits per heavy atom. The summed E-state index contributed by atoms with van der Waals surface area (Å²) in [6.07, 6.45) is 1.22. The number of hydrogen-bond acceptors (Lipinski definition) is 3. The normalized spacial score (nSPS) is 23.1. The lowest BCUT2D eigenvalue weighted by Crippen LogP contribution is -2.17. The number of benzene rings is 1. The maximum atomic E-state index is 10.8. The Morgan fingerprint density at radius 3 is 2.81 bits per heavy atom. The zero-order valence-corrected chi connectivity index (χ0v) is 9.56. The van der Waals surface area contributed by atoms with Crippen molar-refractivity contribution in [3.8, 4) is 0 Å². The first kappa shape index (κ1) is 11.1. The van der Waals surface area contributed by atoms with Crippen molar-refractivity contribution >= 4 is 5.69 Å². The lowest BCUT2D eigenvalue weighted by Gasteiger charge is -2.04. The van der Waals surface area contributed by atoms with Crippen molar-refractivity contribution in [3.63, 3.8) is 0 Å². The van der Waals surface area contributed by atoms with Crippen LogP contribution in [0.1, 0.15) is 24.5 Å². The number of nitrogens with zero attached hydrogens (tertiary/aromatic N) is 1. The van der Waals surface area contributed by atoms with Gasteiger partial charge in [-0.15, -0.1) is 0 Å². The highest BCUT2D eigenvalue weighted by molar-refractivity contribution is 5.42. The molecule has 1 aliphatic carbocycles. The van der Waals surface area contributed by atoms with Crippen LogP contribution < -0.4 is 5.32 Å². The number of nitro benzene ring substituents is 1. The fourth-order valence-electron chi connectivity index (χ4n) is 1.82. The van der Waals surface area contributed by atoms with Crippen molar-refractivity contribution in [1.29, 1.82) is 0 Å². The summed E-state index contributed by atoms with van der Waals surface area (Å²) < 4.78 is 0. The van der Waals surface area contributed by atoms with Gasteiger partial charge in [0.1, 0.15) is 0 Å². The SMILES string of the molecule is Cc1ccc(CNC2CC2C)cc1[N+](=O)[O-]. The fraction of sp³-hybridized carbons (Fsp3) is 0.500. The van der Waals surface area contributed by atoms with Crippen LogP contribution in [0.3, 0.4) is 0 Å². The third kappa shape index (κ3) is 2.39. The number of rotatable bonds is 4. The Kier molecular flexibility index (Phi) is 2.92. The minimum Gasteiger partial charge on any atom is -0.310 e. The van der Waals surface area contributed by atoms with E-state index in [4.69, 9.17) is 0 Å². The molecule has 1 aliphatic rings. The lowest BCUT2D eigenvalue weighted by molar-refractivity contribution is -0.385. The number of nitrogens with one attached hydrogen (secondary N) is 1. The smallest absolute Gasteiger partial charge is 0.272 e. The van der Waals surface area contributed by atoms with Crippen LogP contribution in [0.25, 0.3) is 0 Å². The van der Waals surface area contributed by atoms with Gasteiger partial charge in [-0.25, -0.2) is 0 Å². The molecule has 1 saturated carbocycles. The highest BCUT2D eigenvalue weighted by Gasteiger charge is 2.31. The van der Waals surface area contributed by atoms with Gasteiger partial charge < -0.3 is 5.32 Å². The molecule has 1 fully saturated rings. The molecule has 0 aliphatic heterocycles. The molecule has 0 radical (unpaired) electrons. The summed E-state index contributed by atoms with van der Waals surface area (Å²) in [7, 11) is 0. The quantitative estimate of drug-likeness (QED) is 0.626. The lowest BCUT2D eigenvalue weighted by atomic mass is 10.1. The zero-order valence-electron chi connectivity index (χ0n) is 9.56. The van der Waals surface area contributed by atoms with E-state index >= 15 is 0 Å². The van der Waals surface area contributed by atoms with E-state index in [1.165, 1.54) is 6.42 Å². The third-order valence-corrected chi connectivity index (χ3v) is 3.15. The minimum absolute atomic E-state index is 0.211. The van der Waals surface area contributed by atoms with Crippen LogP contribution >= 0.6 is 0 Å². The van der Waals surface area contributed by atoms with Gasteiger partial charge in [0.2, 0.25) is 0 Å². The highest BCUT2D eigenvalue weighted by atomic mass is 16.6. The summed E-state index contributed by atoms with van der Waals surface area (Å²) in [6, 6.07) is 6.02. The van der Waals surface area contributed by atoms with Crippen molar-refractivity contribution in [1.82, 2.24) is 5.32 Å². The van der Waals surface area contributed by atoms with Gasteiger partial charge in [-0.05, 0) is 24.8 Å². The first-order valence-corrected chi connectivity index (χ1v) is 5.55. The van der Waals surface area contributed by atoms with Gasteiger partial charge in [0, 0.05) is 24.2 Å². The second-order valence-electron chi connectivity index (χ2n) is 4.58. The molecule has 0 saturated heterocycles. The molecule has 0 spiro atoms. The summed E-state index contributed by atoms with van der Waals surface area (Å²) in [6.45, 7) is 4.68. The Bertz CT molecular complexity index is 417. The van der Waals surface area contributed by atoms with Crippen LogP contribution in [-0.4, -0.2) is 11.0 Å².